The summed E-state index contributed by atoms with van der Waals surface area (Å²) in [6.45, 7) is 2.14. The fraction of sp³-hybridized carbons (Fsp3) is 0.231. The molecule has 16 heavy (non-hydrogen) atoms. The second kappa shape index (κ2) is 4.86. The van der Waals surface area contributed by atoms with Crippen LogP contribution in [-0.4, -0.2) is 9.97 Å². The van der Waals surface area contributed by atoms with Crippen LogP contribution >= 0.6 is 0 Å². The Bertz CT molecular complexity index is 436. The summed E-state index contributed by atoms with van der Waals surface area (Å²) in [5, 5.41) is 0. The van der Waals surface area contributed by atoms with Crippen LogP contribution in [0.3, 0.4) is 0 Å². The number of aryl methyl sites for hydroxylation is 1. The Kier molecular flexibility index (Phi) is 3.27. The zero-order chi connectivity index (χ0) is 11.4. The van der Waals surface area contributed by atoms with Gasteiger partial charge in [-0.05, 0) is 23.6 Å². The summed E-state index contributed by atoms with van der Waals surface area (Å²) in [5.74, 6) is 0. The fourth-order valence-electron chi connectivity index (χ4n) is 1.62. The van der Waals surface area contributed by atoms with Crippen molar-refractivity contribution in [1.29, 1.82) is 0 Å². The van der Waals surface area contributed by atoms with Crippen LogP contribution in [0.4, 0.5) is 0 Å². The van der Waals surface area contributed by atoms with E-state index in [0.29, 0.717) is 0 Å². The van der Waals surface area contributed by atoms with Crippen molar-refractivity contribution in [3.8, 4) is 0 Å². The maximum atomic E-state index is 6.12. The molecule has 0 amide bonds. The van der Waals surface area contributed by atoms with Gasteiger partial charge in [-0.15, -0.1) is 0 Å². The maximum Gasteiger partial charge on any atom is 0.115 e. The first-order valence-corrected chi connectivity index (χ1v) is 5.41. The van der Waals surface area contributed by atoms with Gasteiger partial charge in [0.05, 0.1) is 11.7 Å². The molecule has 0 aliphatic rings. The number of benzene rings is 1. The van der Waals surface area contributed by atoms with Crippen LogP contribution in [0.15, 0.2) is 42.9 Å². The lowest BCUT2D eigenvalue weighted by molar-refractivity contribution is 0.819. The van der Waals surface area contributed by atoms with Gasteiger partial charge in [-0.1, -0.05) is 31.2 Å². The third-order valence-electron chi connectivity index (χ3n) is 2.67. The zero-order valence-electron chi connectivity index (χ0n) is 9.30. The molecule has 0 saturated heterocycles. The molecule has 0 aliphatic carbocycles. The Morgan fingerprint density at radius 1 is 1.19 bits per heavy atom. The van der Waals surface area contributed by atoms with E-state index in [4.69, 9.17) is 5.73 Å². The third kappa shape index (κ3) is 2.25. The highest BCUT2D eigenvalue weighted by atomic mass is 14.8. The Morgan fingerprint density at radius 2 is 1.94 bits per heavy atom. The van der Waals surface area contributed by atoms with Gasteiger partial charge in [0.1, 0.15) is 6.33 Å². The molecular formula is C13H15N3. The van der Waals surface area contributed by atoms with Crippen LogP contribution in [0, 0.1) is 0 Å². The normalized spacial score (nSPS) is 12.4. The lowest BCUT2D eigenvalue weighted by Crippen LogP contribution is -2.13. The largest absolute Gasteiger partial charge is 0.319 e. The lowest BCUT2D eigenvalue weighted by atomic mass is 10.0. The molecule has 0 saturated carbocycles. The molecule has 1 unspecified atom stereocenters. The second-order valence-electron chi connectivity index (χ2n) is 3.71. The Labute approximate surface area is 95.4 Å². The van der Waals surface area contributed by atoms with Gasteiger partial charge in [0.2, 0.25) is 0 Å². The van der Waals surface area contributed by atoms with Crippen LogP contribution in [0.1, 0.15) is 29.8 Å². The predicted molar refractivity (Wildman–Crippen MR) is 63.9 cm³/mol. The first kappa shape index (κ1) is 10.8. The van der Waals surface area contributed by atoms with E-state index in [0.717, 1.165) is 17.7 Å². The average molecular weight is 213 g/mol. The molecule has 2 N–H and O–H groups in total. The third-order valence-corrected chi connectivity index (χ3v) is 2.67. The van der Waals surface area contributed by atoms with Crippen molar-refractivity contribution in [2.24, 2.45) is 5.73 Å². The van der Waals surface area contributed by atoms with Crippen molar-refractivity contribution >= 4 is 0 Å². The minimum atomic E-state index is -0.172. The second-order valence-corrected chi connectivity index (χ2v) is 3.71. The van der Waals surface area contributed by atoms with Gasteiger partial charge in [-0.25, -0.2) is 9.97 Å². The summed E-state index contributed by atoms with van der Waals surface area (Å²) < 4.78 is 0. The summed E-state index contributed by atoms with van der Waals surface area (Å²) in [4.78, 5) is 8.04. The highest BCUT2D eigenvalue weighted by Crippen LogP contribution is 2.17. The molecule has 0 spiro atoms. The topological polar surface area (TPSA) is 51.8 Å². The Balaban J connectivity index is 2.24. The summed E-state index contributed by atoms with van der Waals surface area (Å²) in [6.07, 6.45) is 4.28. The SMILES string of the molecule is CCc1ccc(C(N)c2ccncn2)cc1. The molecule has 2 rings (SSSR count). The van der Waals surface area contributed by atoms with Crippen molar-refractivity contribution in [3.63, 3.8) is 0 Å². The average Bonchev–Trinajstić information content (AvgIpc) is 2.39. The van der Waals surface area contributed by atoms with Crippen molar-refractivity contribution in [1.82, 2.24) is 9.97 Å². The van der Waals surface area contributed by atoms with E-state index in [2.05, 4.69) is 41.2 Å². The van der Waals surface area contributed by atoms with E-state index < -0.39 is 0 Å². The minimum Gasteiger partial charge on any atom is -0.319 e. The Hall–Kier alpha value is -1.74. The fourth-order valence-corrected chi connectivity index (χ4v) is 1.62. The molecule has 0 fully saturated rings. The van der Waals surface area contributed by atoms with Gasteiger partial charge < -0.3 is 5.73 Å². The highest BCUT2D eigenvalue weighted by Gasteiger charge is 2.09. The molecule has 1 aromatic heterocycles. The van der Waals surface area contributed by atoms with E-state index in [-0.39, 0.29) is 6.04 Å². The van der Waals surface area contributed by atoms with E-state index in [1.54, 1.807) is 6.20 Å². The van der Waals surface area contributed by atoms with Gasteiger partial charge in [-0.2, -0.15) is 0 Å². The van der Waals surface area contributed by atoms with Crippen molar-refractivity contribution < 1.29 is 0 Å². The van der Waals surface area contributed by atoms with E-state index in [1.165, 1.54) is 11.9 Å². The number of aromatic nitrogens is 2. The van der Waals surface area contributed by atoms with Crippen LogP contribution in [-0.2, 0) is 6.42 Å². The number of rotatable bonds is 3. The maximum absolute atomic E-state index is 6.12. The van der Waals surface area contributed by atoms with E-state index in [1.807, 2.05) is 6.07 Å². The van der Waals surface area contributed by atoms with Crippen LogP contribution in [0.5, 0.6) is 0 Å². The molecule has 0 aliphatic heterocycles. The van der Waals surface area contributed by atoms with E-state index >= 15 is 0 Å². The molecule has 3 nitrogen and oxygen atoms in total. The molecule has 3 heteroatoms. The lowest BCUT2D eigenvalue weighted by Gasteiger charge is -2.11. The molecule has 1 atom stereocenters. The van der Waals surface area contributed by atoms with E-state index in [9.17, 15) is 0 Å². The molecule has 0 radical (unpaired) electrons. The first-order valence-electron chi connectivity index (χ1n) is 5.41. The minimum absolute atomic E-state index is 0.172. The first-order chi connectivity index (χ1) is 7.81. The van der Waals surface area contributed by atoms with Crippen molar-refractivity contribution in [2.45, 2.75) is 19.4 Å². The standard InChI is InChI=1S/C13H15N3/c1-2-10-3-5-11(6-4-10)13(14)12-7-8-15-9-16-12/h3-9,13H,2,14H2,1H3. The summed E-state index contributed by atoms with van der Waals surface area (Å²) in [7, 11) is 0. The van der Waals surface area contributed by atoms with Crippen molar-refractivity contribution in [3.05, 3.63) is 59.7 Å². The number of nitrogens with two attached hydrogens (primary N) is 1. The van der Waals surface area contributed by atoms with Gasteiger partial charge in [0, 0.05) is 6.20 Å². The summed E-state index contributed by atoms with van der Waals surface area (Å²) in [6, 6.07) is 10.0. The number of hydrogen-bond acceptors (Lipinski definition) is 3. The van der Waals surface area contributed by atoms with Crippen LogP contribution in [0.2, 0.25) is 0 Å². The van der Waals surface area contributed by atoms with Gasteiger partial charge >= 0.3 is 0 Å². The molecular weight excluding hydrogens is 198 g/mol. The van der Waals surface area contributed by atoms with Crippen molar-refractivity contribution in [2.75, 3.05) is 0 Å². The summed E-state index contributed by atoms with van der Waals surface area (Å²) >= 11 is 0. The van der Waals surface area contributed by atoms with Crippen LogP contribution < -0.4 is 5.73 Å². The number of hydrogen-bond donors (Lipinski definition) is 1. The zero-order valence-corrected chi connectivity index (χ0v) is 9.30. The molecule has 1 heterocycles. The molecule has 82 valence electrons. The number of nitrogens with zero attached hydrogens (tertiary/aromatic N) is 2. The molecule has 0 bridgehead atoms. The predicted octanol–water partition coefficient (Wildman–Crippen LogP) is 2.09. The Morgan fingerprint density at radius 3 is 2.50 bits per heavy atom. The summed E-state index contributed by atoms with van der Waals surface area (Å²) in [5.41, 5.74) is 9.36. The highest BCUT2D eigenvalue weighted by molar-refractivity contribution is 5.29. The smallest absolute Gasteiger partial charge is 0.115 e. The quantitative estimate of drug-likeness (QED) is 0.849. The van der Waals surface area contributed by atoms with Gasteiger partial charge in [0.15, 0.2) is 0 Å². The van der Waals surface area contributed by atoms with Gasteiger partial charge in [-0.3, -0.25) is 0 Å². The molecule has 2 aromatic rings. The van der Waals surface area contributed by atoms with Gasteiger partial charge in [0.25, 0.3) is 0 Å². The molecule has 1 aromatic carbocycles. The monoisotopic (exact) mass is 213 g/mol. The van der Waals surface area contributed by atoms with Crippen LogP contribution in [0.25, 0.3) is 0 Å².